The molecular formula is C24H19F3N6O2. The fourth-order valence-electron chi connectivity index (χ4n) is 4.43. The van der Waals surface area contributed by atoms with Crippen LogP contribution in [0.3, 0.4) is 0 Å². The maximum absolute atomic E-state index is 13.5. The Kier molecular flexibility index (Phi) is 4.78. The van der Waals surface area contributed by atoms with Gasteiger partial charge in [-0.1, -0.05) is 24.3 Å². The summed E-state index contributed by atoms with van der Waals surface area (Å²) >= 11 is 0. The van der Waals surface area contributed by atoms with Gasteiger partial charge in [0.2, 0.25) is 0 Å². The first-order valence-electron chi connectivity index (χ1n) is 11.0. The molecule has 3 aromatic heterocycles. The van der Waals surface area contributed by atoms with Crippen LogP contribution in [-0.4, -0.2) is 50.8 Å². The Morgan fingerprint density at radius 2 is 1.86 bits per heavy atom. The van der Waals surface area contributed by atoms with Crippen molar-refractivity contribution in [3.63, 3.8) is 0 Å². The summed E-state index contributed by atoms with van der Waals surface area (Å²) in [5, 5.41) is 7.03. The minimum atomic E-state index is -4.54. The molecule has 1 amide bonds. The molecule has 2 aliphatic rings. The van der Waals surface area contributed by atoms with Crippen molar-refractivity contribution in [1.82, 2.24) is 19.6 Å². The summed E-state index contributed by atoms with van der Waals surface area (Å²) in [6.07, 6.45) is -2.18. The van der Waals surface area contributed by atoms with Crippen molar-refractivity contribution in [3.8, 4) is 11.3 Å². The van der Waals surface area contributed by atoms with Crippen molar-refractivity contribution in [3.05, 3.63) is 72.1 Å². The van der Waals surface area contributed by atoms with Gasteiger partial charge in [0.05, 0.1) is 37.2 Å². The quantitative estimate of drug-likeness (QED) is 0.475. The van der Waals surface area contributed by atoms with Gasteiger partial charge in [0, 0.05) is 12.0 Å². The Labute approximate surface area is 197 Å². The monoisotopic (exact) mass is 480 g/mol. The number of imidazole rings is 1. The standard InChI is InChI=1S/C24H19F3N6O2/c25-24(26,27)16-5-2-1-4-15(16)17-8-9-20-28-12-18(33(20)31-17)22(34)30-19-6-3-7-21(29-19)32-13-23(14-32)10-11-35-23/h1-9,12H,10-11,13-14H2,(H,29,30,34). The molecule has 0 radical (unpaired) electrons. The molecule has 178 valence electrons. The number of alkyl halides is 3. The minimum Gasteiger partial charge on any atom is -0.371 e. The number of pyridine rings is 1. The van der Waals surface area contributed by atoms with E-state index in [2.05, 4.69) is 25.3 Å². The summed E-state index contributed by atoms with van der Waals surface area (Å²) in [7, 11) is 0. The Bertz CT molecular complexity index is 1440. The number of hydrogen-bond donors (Lipinski definition) is 1. The number of fused-ring (bicyclic) bond motifs is 1. The second-order valence-electron chi connectivity index (χ2n) is 8.65. The van der Waals surface area contributed by atoms with E-state index in [1.807, 2.05) is 6.07 Å². The van der Waals surface area contributed by atoms with E-state index in [9.17, 15) is 18.0 Å². The molecule has 4 aromatic rings. The lowest BCUT2D eigenvalue weighted by Gasteiger charge is -2.55. The molecule has 0 atom stereocenters. The lowest BCUT2D eigenvalue weighted by Crippen LogP contribution is -2.68. The third kappa shape index (κ3) is 3.77. The predicted octanol–water partition coefficient (Wildman–Crippen LogP) is 4.04. The van der Waals surface area contributed by atoms with Gasteiger partial charge in [-0.3, -0.25) is 4.79 Å². The number of benzene rings is 1. The molecule has 1 N–H and O–H groups in total. The van der Waals surface area contributed by atoms with E-state index in [4.69, 9.17) is 4.74 Å². The van der Waals surface area contributed by atoms with Crippen LogP contribution in [0.2, 0.25) is 0 Å². The van der Waals surface area contributed by atoms with Crippen LogP contribution in [0.4, 0.5) is 24.8 Å². The van der Waals surface area contributed by atoms with Crippen LogP contribution in [0.25, 0.3) is 16.9 Å². The molecule has 2 fully saturated rings. The zero-order valence-electron chi connectivity index (χ0n) is 18.3. The SMILES string of the molecule is O=C(Nc1cccc(N2CC3(CCO3)C2)n1)c1cnc2ccc(-c3ccccc3C(F)(F)F)nn12. The van der Waals surface area contributed by atoms with Gasteiger partial charge in [0.1, 0.15) is 17.2 Å². The molecule has 1 aromatic carbocycles. The molecule has 2 saturated heterocycles. The second kappa shape index (κ2) is 7.77. The van der Waals surface area contributed by atoms with Gasteiger partial charge < -0.3 is 15.0 Å². The Morgan fingerprint density at radius 1 is 1.06 bits per heavy atom. The topological polar surface area (TPSA) is 84.7 Å². The third-order valence-corrected chi connectivity index (χ3v) is 6.33. The van der Waals surface area contributed by atoms with Crippen LogP contribution >= 0.6 is 0 Å². The normalized spacial score (nSPS) is 16.7. The van der Waals surface area contributed by atoms with Crippen molar-refractivity contribution in [1.29, 1.82) is 0 Å². The number of carbonyl (C=O) groups is 1. The molecule has 0 bridgehead atoms. The number of aromatic nitrogens is 4. The number of nitrogens with zero attached hydrogens (tertiary/aromatic N) is 5. The summed E-state index contributed by atoms with van der Waals surface area (Å²) in [4.78, 5) is 23.8. The van der Waals surface area contributed by atoms with Crippen LogP contribution < -0.4 is 10.2 Å². The molecule has 35 heavy (non-hydrogen) atoms. The number of ether oxygens (including phenoxy) is 1. The van der Waals surface area contributed by atoms with Gasteiger partial charge in [-0.2, -0.15) is 18.3 Å². The zero-order chi connectivity index (χ0) is 24.2. The van der Waals surface area contributed by atoms with E-state index in [0.717, 1.165) is 38.0 Å². The van der Waals surface area contributed by atoms with Gasteiger partial charge in [-0.15, -0.1) is 0 Å². The molecule has 11 heteroatoms. The average Bonchev–Trinajstić information content (AvgIpc) is 3.20. The average molecular weight is 480 g/mol. The maximum atomic E-state index is 13.5. The van der Waals surface area contributed by atoms with Crippen molar-refractivity contribution in [2.75, 3.05) is 29.9 Å². The van der Waals surface area contributed by atoms with Gasteiger partial charge in [-0.05, 0) is 30.3 Å². The fourth-order valence-corrected chi connectivity index (χ4v) is 4.43. The Balaban J connectivity index is 1.27. The number of halogens is 3. The van der Waals surface area contributed by atoms with Gasteiger partial charge >= 0.3 is 6.18 Å². The lowest BCUT2D eigenvalue weighted by atomic mass is 9.86. The molecule has 0 unspecified atom stereocenters. The van der Waals surface area contributed by atoms with Gasteiger partial charge in [-0.25, -0.2) is 14.5 Å². The highest BCUT2D eigenvalue weighted by Gasteiger charge is 2.49. The van der Waals surface area contributed by atoms with E-state index < -0.39 is 17.6 Å². The number of carbonyl (C=O) groups excluding carboxylic acids is 1. The summed E-state index contributed by atoms with van der Waals surface area (Å²) in [6.45, 7) is 2.31. The number of anilines is 2. The summed E-state index contributed by atoms with van der Waals surface area (Å²) < 4.78 is 47.4. The Hall–Kier alpha value is -3.99. The summed E-state index contributed by atoms with van der Waals surface area (Å²) in [5.74, 6) is 0.543. The van der Waals surface area contributed by atoms with Crippen LogP contribution in [0.5, 0.6) is 0 Å². The fraction of sp³-hybridized carbons (Fsp3) is 0.250. The second-order valence-corrected chi connectivity index (χ2v) is 8.65. The van der Waals surface area contributed by atoms with E-state index in [0.29, 0.717) is 11.5 Å². The van der Waals surface area contributed by atoms with E-state index in [1.165, 1.54) is 41.0 Å². The Morgan fingerprint density at radius 3 is 2.60 bits per heavy atom. The molecule has 5 heterocycles. The molecule has 2 aliphatic heterocycles. The molecule has 8 nitrogen and oxygen atoms in total. The highest BCUT2D eigenvalue weighted by molar-refractivity contribution is 6.03. The van der Waals surface area contributed by atoms with Crippen molar-refractivity contribution < 1.29 is 22.7 Å². The molecular weight excluding hydrogens is 461 g/mol. The number of amides is 1. The van der Waals surface area contributed by atoms with Crippen LogP contribution in [0.15, 0.2) is 60.8 Å². The van der Waals surface area contributed by atoms with E-state index in [1.54, 1.807) is 12.1 Å². The number of nitrogens with one attached hydrogen (secondary N) is 1. The number of hydrogen-bond acceptors (Lipinski definition) is 6. The summed E-state index contributed by atoms with van der Waals surface area (Å²) in [5.41, 5.74) is -0.465. The molecule has 0 saturated carbocycles. The lowest BCUT2D eigenvalue weighted by molar-refractivity contribution is -0.161. The van der Waals surface area contributed by atoms with Crippen LogP contribution in [0, 0.1) is 0 Å². The highest BCUT2D eigenvalue weighted by atomic mass is 19.4. The highest BCUT2D eigenvalue weighted by Crippen LogP contribution is 2.38. The minimum absolute atomic E-state index is 0.0500. The molecule has 1 spiro atoms. The largest absolute Gasteiger partial charge is 0.417 e. The molecule has 6 rings (SSSR count). The molecule has 0 aliphatic carbocycles. The van der Waals surface area contributed by atoms with Crippen molar-refractivity contribution in [2.45, 2.75) is 18.2 Å². The first-order valence-corrected chi connectivity index (χ1v) is 11.0. The number of rotatable bonds is 4. The van der Waals surface area contributed by atoms with Crippen LogP contribution in [0.1, 0.15) is 22.5 Å². The van der Waals surface area contributed by atoms with E-state index >= 15 is 0 Å². The first kappa shape index (κ1) is 21.5. The van der Waals surface area contributed by atoms with Gasteiger partial charge in [0.25, 0.3) is 5.91 Å². The van der Waals surface area contributed by atoms with E-state index in [-0.39, 0.29) is 22.6 Å². The smallest absolute Gasteiger partial charge is 0.371 e. The predicted molar refractivity (Wildman–Crippen MR) is 121 cm³/mol. The maximum Gasteiger partial charge on any atom is 0.417 e. The third-order valence-electron chi connectivity index (χ3n) is 6.33. The van der Waals surface area contributed by atoms with Gasteiger partial charge in [0.15, 0.2) is 11.3 Å². The van der Waals surface area contributed by atoms with Crippen molar-refractivity contribution >= 4 is 23.2 Å². The van der Waals surface area contributed by atoms with Crippen LogP contribution in [-0.2, 0) is 10.9 Å². The zero-order valence-corrected chi connectivity index (χ0v) is 18.3. The first-order chi connectivity index (χ1) is 16.8. The summed E-state index contributed by atoms with van der Waals surface area (Å²) in [6, 6.07) is 13.5. The van der Waals surface area contributed by atoms with Crippen molar-refractivity contribution in [2.24, 2.45) is 0 Å².